The van der Waals surface area contributed by atoms with Crippen molar-refractivity contribution in [1.82, 2.24) is 0 Å². The first-order chi connectivity index (χ1) is 9.29. The highest BCUT2D eigenvalue weighted by molar-refractivity contribution is 6.35. The molecule has 0 bridgehead atoms. The molecule has 0 aliphatic carbocycles. The zero-order valence-electron chi connectivity index (χ0n) is 10.8. The second kappa shape index (κ2) is 5.60. The van der Waals surface area contributed by atoms with Crippen LogP contribution in [0.2, 0.25) is 10.0 Å². The molecule has 1 atom stereocenters. The smallest absolute Gasteiger partial charge is 0.142 e. The van der Waals surface area contributed by atoms with Crippen LogP contribution in [0.1, 0.15) is 18.1 Å². The highest BCUT2D eigenvalue weighted by Crippen LogP contribution is 2.33. The van der Waals surface area contributed by atoms with Gasteiger partial charge < -0.3 is 10.8 Å². The SMILES string of the molecule is CC(N)(Cc1ccc(O)cc1)c1cc(F)c(Cl)cc1Cl. The highest BCUT2D eigenvalue weighted by Gasteiger charge is 2.26. The number of aromatic hydroxyl groups is 1. The molecule has 0 aliphatic heterocycles. The van der Waals surface area contributed by atoms with Gasteiger partial charge in [-0.25, -0.2) is 4.39 Å². The number of benzene rings is 2. The van der Waals surface area contributed by atoms with Crippen LogP contribution < -0.4 is 5.73 Å². The van der Waals surface area contributed by atoms with E-state index in [2.05, 4.69) is 0 Å². The zero-order chi connectivity index (χ0) is 14.9. The van der Waals surface area contributed by atoms with Crippen LogP contribution in [0, 0.1) is 5.82 Å². The third-order valence-corrected chi connectivity index (χ3v) is 3.74. The molecule has 0 spiro atoms. The molecule has 0 saturated carbocycles. The van der Waals surface area contributed by atoms with Crippen LogP contribution in [-0.4, -0.2) is 5.11 Å². The fourth-order valence-corrected chi connectivity index (χ4v) is 2.69. The van der Waals surface area contributed by atoms with Crippen molar-refractivity contribution in [2.24, 2.45) is 5.73 Å². The Morgan fingerprint density at radius 2 is 1.75 bits per heavy atom. The van der Waals surface area contributed by atoms with E-state index < -0.39 is 11.4 Å². The minimum absolute atomic E-state index is 0.0285. The molecule has 0 heterocycles. The first kappa shape index (κ1) is 15.1. The van der Waals surface area contributed by atoms with Crippen molar-refractivity contribution in [3.63, 3.8) is 0 Å². The number of rotatable bonds is 3. The summed E-state index contributed by atoms with van der Waals surface area (Å²) in [6.45, 7) is 1.77. The Balaban J connectivity index is 2.34. The Labute approximate surface area is 126 Å². The van der Waals surface area contributed by atoms with Crippen LogP contribution in [0.25, 0.3) is 0 Å². The quantitative estimate of drug-likeness (QED) is 0.832. The Morgan fingerprint density at radius 3 is 2.35 bits per heavy atom. The largest absolute Gasteiger partial charge is 0.508 e. The monoisotopic (exact) mass is 313 g/mol. The second-order valence-electron chi connectivity index (χ2n) is 5.01. The van der Waals surface area contributed by atoms with Gasteiger partial charge in [-0.05, 0) is 48.7 Å². The van der Waals surface area contributed by atoms with Gasteiger partial charge >= 0.3 is 0 Å². The third kappa shape index (κ3) is 3.23. The summed E-state index contributed by atoms with van der Waals surface area (Å²) in [5, 5.41) is 9.57. The number of hydrogen-bond acceptors (Lipinski definition) is 2. The summed E-state index contributed by atoms with van der Waals surface area (Å²) in [4.78, 5) is 0. The second-order valence-corrected chi connectivity index (χ2v) is 5.82. The fraction of sp³-hybridized carbons (Fsp3) is 0.200. The van der Waals surface area contributed by atoms with Crippen LogP contribution in [0.3, 0.4) is 0 Å². The summed E-state index contributed by atoms with van der Waals surface area (Å²) in [6, 6.07) is 9.31. The van der Waals surface area contributed by atoms with Gasteiger partial charge in [-0.3, -0.25) is 0 Å². The van der Waals surface area contributed by atoms with Crippen molar-refractivity contribution in [1.29, 1.82) is 0 Å². The molecule has 3 N–H and O–H groups in total. The Morgan fingerprint density at radius 1 is 1.15 bits per heavy atom. The number of nitrogens with two attached hydrogens (primary N) is 1. The Kier molecular flexibility index (Phi) is 4.23. The van der Waals surface area contributed by atoms with Gasteiger partial charge in [0.1, 0.15) is 11.6 Å². The predicted molar refractivity (Wildman–Crippen MR) is 79.8 cm³/mol. The molecule has 0 fully saturated rings. The van der Waals surface area contributed by atoms with Gasteiger partial charge in [-0.15, -0.1) is 0 Å². The third-order valence-electron chi connectivity index (χ3n) is 3.13. The van der Waals surface area contributed by atoms with Crippen molar-refractivity contribution >= 4 is 23.2 Å². The van der Waals surface area contributed by atoms with E-state index in [9.17, 15) is 9.50 Å². The van der Waals surface area contributed by atoms with Gasteiger partial charge in [0.25, 0.3) is 0 Å². The van der Waals surface area contributed by atoms with Crippen LogP contribution in [0.4, 0.5) is 4.39 Å². The number of halogens is 3. The maximum atomic E-state index is 13.6. The van der Waals surface area contributed by atoms with E-state index in [1.54, 1.807) is 31.2 Å². The van der Waals surface area contributed by atoms with E-state index in [1.807, 2.05) is 0 Å². The average Bonchev–Trinajstić information content (AvgIpc) is 2.36. The lowest BCUT2D eigenvalue weighted by Gasteiger charge is -2.27. The first-order valence-electron chi connectivity index (χ1n) is 6.01. The van der Waals surface area contributed by atoms with Crippen LogP contribution in [0.15, 0.2) is 36.4 Å². The van der Waals surface area contributed by atoms with E-state index in [-0.39, 0.29) is 10.8 Å². The normalized spacial score (nSPS) is 14.1. The molecule has 0 aliphatic rings. The minimum atomic E-state index is -0.848. The molecule has 2 rings (SSSR count). The van der Waals surface area contributed by atoms with Gasteiger partial charge in [0.2, 0.25) is 0 Å². The molecule has 2 aromatic carbocycles. The molecule has 0 radical (unpaired) electrons. The number of hydrogen-bond donors (Lipinski definition) is 2. The minimum Gasteiger partial charge on any atom is -0.508 e. The molecule has 1 unspecified atom stereocenters. The fourth-order valence-electron chi connectivity index (χ4n) is 2.09. The summed E-state index contributed by atoms with van der Waals surface area (Å²) >= 11 is 11.8. The molecule has 5 heteroatoms. The maximum Gasteiger partial charge on any atom is 0.142 e. The van der Waals surface area contributed by atoms with Gasteiger partial charge in [-0.1, -0.05) is 35.3 Å². The summed E-state index contributed by atoms with van der Waals surface area (Å²) < 4.78 is 13.6. The molecule has 2 aromatic rings. The Hall–Kier alpha value is -1.29. The molecule has 0 aromatic heterocycles. The van der Waals surface area contributed by atoms with E-state index >= 15 is 0 Å². The lowest BCUT2D eigenvalue weighted by atomic mass is 9.86. The number of phenolic OH excluding ortho intramolecular Hbond substituents is 1. The molecule has 106 valence electrons. The molecule has 20 heavy (non-hydrogen) atoms. The molecular formula is C15H14Cl2FNO. The van der Waals surface area contributed by atoms with Crippen LogP contribution >= 0.6 is 23.2 Å². The van der Waals surface area contributed by atoms with E-state index in [1.165, 1.54) is 12.1 Å². The first-order valence-corrected chi connectivity index (χ1v) is 6.77. The van der Waals surface area contributed by atoms with Crippen LogP contribution in [0.5, 0.6) is 5.75 Å². The zero-order valence-corrected chi connectivity index (χ0v) is 12.3. The lowest BCUT2D eigenvalue weighted by Crippen LogP contribution is -2.36. The molecule has 2 nitrogen and oxygen atoms in total. The summed E-state index contributed by atoms with van der Waals surface area (Å²) in [5.41, 5.74) is 6.83. The van der Waals surface area contributed by atoms with Crippen molar-refractivity contribution in [3.05, 3.63) is 63.4 Å². The van der Waals surface area contributed by atoms with Gasteiger partial charge in [0.05, 0.1) is 5.02 Å². The molecule has 0 saturated heterocycles. The van der Waals surface area contributed by atoms with E-state index in [0.717, 1.165) is 5.56 Å². The van der Waals surface area contributed by atoms with Crippen molar-refractivity contribution in [3.8, 4) is 5.75 Å². The van der Waals surface area contributed by atoms with Crippen molar-refractivity contribution in [2.45, 2.75) is 18.9 Å². The predicted octanol–water partition coefficient (Wildman–Crippen LogP) is 4.25. The van der Waals surface area contributed by atoms with Gasteiger partial charge in [-0.2, -0.15) is 0 Å². The molecular weight excluding hydrogens is 300 g/mol. The maximum absolute atomic E-state index is 13.6. The summed E-state index contributed by atoms with van der Waals surface area (Å²) in [5.74, 6) is -0.364. The standard InChI is InChI=1S/C15H14Cl2FNO/c1-15(19,8-9-2-4-10(20)5-3-9)11-6-14(18)13(17)7-12(11)16/h2-7,20H,8,19H2,1H3. The van der Waals surface area contributed by atoms with Crippen molar-refractivity contribution < 1.29 is 9.50 Å². The summed E-state index contributed by atoms with van der Waals surface area (Å²) in [6.07, 6.45) is 0.452. The van der Waals surface area contributed by atoms with E-state index in [0.29, 0.717) is 17.0 Å². The van der Waals surface area contributed by atoms with Gasteiger partial charge in [0.15, 0.2) is 0 Å². The molecule has 0 amide bonds. The Bertz CT molecular complexity index is 627. The van der Waals surface area contributed by atoms with Crippen LogP contribution in [-0.2, 0) is 12.0 Å². The number of phenols is 1. The average molecular weight is 314 g/mol. The van der Waals surface area contributed by atoms with Gasteiger partial charge in [0, 0.05) is 10.6 Å². The van der Waals surface area contributed by atoms with Crippen molar-refractivity contribution in [2.75, 3.05) is 0 Å². The van der Waals surface area contributed by atoms with E-state index in [4.69, 9.17) is 28.9 Å². The lowest BCUT2D eigenvalue weighted by molar-refractivity contribution is 0.471. The highest BCUT2D eigenvalue weighted by atomic mass is 35.5. The summed E-state index contributed by atoms with van der Waals surface area (Å²) in [7, 11) is 0. The topological polar surface area (TPSA) is 46.2 Å².